The van der Waals surface area contributed by atoms with E-state index in [1.165, 1.54) is 4.31 Å². The number of rotatable bonds is 3. The van der Waals surface area contributed by atoms with Gasteiger partial charge in [0.25, 0.3) is 0 Å². The minimum Gasteiger partial charge on any atom is -0.391 e. The third-order valence-corrected chi connectivity index (χ3v) is 4.65. The topological polar surface area (TPSA) is 57.6 Å². The van der Waals surface area contributed by atoms with Gasteiger partial charge in [0.1, 0.15) is 0 Å². The lowest BCUT2D eigenvalue weighted by Gasteiger charge is -2.17. The van der Waals surface area contributed by atoms with Gasteiger partial charge >= 0.3 is 0 Å². The van der Waals surface area contributed by atoms with Crippen molar-refractivity contribution >= 4 is 10.0 Å². The summed E-state index contributed by atoms with van der Waals surface area (Å²) in [6.07, 6.45) is -0.503. The van der Waals surface area contributed by atoms with E-state index in [4.69, 9.17) is 0 Å². The summed E-state index contributed by atoms with van der Waals surface area (Å²) >= 11 is 0. The average Bonchev–Trinajstić information content (AvgIpc) is 2.30. The highest BCUT2D eigenvalue weighted by Crippen LogP contribution is 2.20. The minimum absolute atomic E-state index is 0.0527. The van der Waals surface area contributed by atoms with Crippen LogP contribution in [0.25, 0.3) is 0 Å². The SMILES string of the molecule is CC(C)CS(=O)(=O)N1C[C@@H](C)[C@H](O)C1. The van der Waals surface area contributed by atoms with Crippen molar-refractivity contribution in [1.29, 1.82) is 0 Å². The van der Waals surface area contributed by atoms with E-state index in [0.717, 1.165) is 0 Å². The predicted molar refractivity (Wildman–Crippen MR) is 55.4 cm³/mol. The Morgan fingerprint density at radius 3 is 2.36 bits per heavy atom. The molecule has 0 aromatic carbocycles. The molecule has 1 saturated heterocycles. The van der Waals surface area contributed by atoms with Gasteiger partial charge in [0.05, 0.1) is 11.9 Å². The Morgan fingerprint density at radius 1 is 1.43 bits per heavy atom. The van der Waals surface area contributed by atoms with Crippen molar-refractivity contribution in [1.82, 2.24) is 4.31 Å². The van der Waals surface area contributed by atoms with Crippen molar-refractivity contribution in [2.24, 2.45) is 11.8 Å². The van der Waals surface area contributed by atoms with Crippen LogP contribution in [0.2, 0.25) is 0 Å². The van der Waals surface area contributed by atoms with Crippen molar-refractivity contribution in [3.63, 3.8) is 0 Å². The quantitative estimate of drug-likeness (QED) is 0.745. The van der Waals surface area contributed by atoms with Crippen LogP contribution in [0.4, 0.5) is 0 Å². The maximum atomic E-state index is 11.7. The molecule has 84 valence electrons. The highest BCUT2D eigenvalue weighted by atomic mass is 32.2. The van der Waals surface area contributed by atoms with Crippen LogP contribution in [-0.4, -0.2) is 42.8 Å². The van der Waals surface area contributed by atoms with Crippen LogP contribution in [0.3, 0.4) is 0 Å². The fourth-order valence-corrected chi connectivity index (χ4v) is 3.56. The molecule has 1 rings (SSSR count). The van der Waals surface area contributed by atoms with Crippen LogP contribution < -0.4 is 0 Å². The standard InChI is InChI=1S/C9H19NO3S/c1-7(2)6-14(12,13)10-4-8(3)9(11)5-10/h7-9,11H,4-6H2,1-3H3/t8-,9-/m1/s1. The van der Waals surface area contributed by atoms with Gasteiger partial charge in [0, 0.05) is 13.1 Å². The fourth-order valence-electron chi connectivity index (χ4n) is 1.66. The molecule has 5 heteroatoms. The molecule has 1 fully saturated rings. The lowest BCUT2D eigenvalue weighted by Crippen LogP contribution is -2.33. The molecule has 0 aliphatic carbocycles. The second kappa shape index (κ2) is 4.16. The lowest BCUT2D eigenvalue weighted by molar-refractivity contribution is 0.153. The first kappa shape index (κ1) is 11.9. The first-order valence-corrected chi connectivity index (χ1v) is 6.59. The summed E-state index contributed by atoms with van der Waals surface area (Å²) in [7, 11) is -3.15. The van der Waals surface area contributed by atoms with Crippen LogP contribution >= 0.6 is 0 Å². The third-order valence-electron chi connectivity index (χ3n) is 2.48. The van der Waals surface area contributed by atoms with Gasteiger partial charge in [0.15, 0.2) is 0 Å². The Kier molecular flexibility index (Phi) is 3.55. The molecule has 1 aliphatic heterocycles. The number of hydrogen-bond acceptors (Lipinski definition) is 3. The molecular weight excluding hydrogens is 202 g/mol. The molecule has 0 amide bonds. The van der Waals surface area contributed by atoms with E-state index in [2.05, 4.69) is 0 Å². The van der Waals surface area contributed by atoms with Crippen molar-refractivity contribution in [3.8, 4) is 0 Å². The molecule has 2 atom stereocenters. The van der Waals surface area contributed by atoms with E-state index in [0.29, 0.717) is 6.54 Å². The molecule has 1 aliphatic rings. The summed E-state index contributed by atoms with van der Waals surface area (Å²) in [5.41, 5.74) is 0. The van der Waals surface area contributed by atoms with Crippen LogP contribution in [0.1, 0.15) is 20.8 Å². The van der Waals surface area contributed by atoms with Gasteiger partial charge in [0.2, 0.25) is 10.0 Å². The second-order valence-electron chi connectivity index (χ2n) is 4.53. The Balaban J connectivity index is 2.66. The van der Waals surface area contributed by atoms with E-state index >= 15 is 0 Å². The van der Waals surface area contributed by atoms with Crippen molar-refractivity contribution in [2.75, 3.05) is 18.8 Å². The summed E-state index contributed by atoms with van der Waals surface area (Å²) < 4.78 is 24.9. The lowest BCUT2D eigenvalue weighted by atomic mass is 10.1. The van der Waals surface area contributed by atoms with E-state index in [1.54, 1.807) is 0 Å². The van der Waals surface area contributed by atoms with Gasteiger partial charge in [-0.05, 0) is 11.8 Å². The Morgan fingerprint density at radius 2 is 2.00 bits per heavy atom. The van der Waals surface area contributed by atoms with E-state index < -0.39 is 16.1 Å². The number of sulfonamides is 1. The Labute approximate surface area is 86.0 Å². The zero-order valence-corrected chi connectivity index (χ0v) is 9.79. The van der Waals surface area contributed by atoms with Crippen LogP contribution in [0.15, 0.2) is 0 Å². The molecule has 0 bridgehead atoms. The van der Waals surface area contributed by atoms with Crippen molar-refractivity contribution < 1.29 is 13.5 Å². The van der Waals surface area contributed by atoms with Gasteiger partial charge in [-0.1, -0.05) is 20.8 Å². The molecule has 0 aromatic heterocycles. The summed E-state index contributed by atoms with van der Waals surface area (Å²) in [5, 5.41) is 9.46. The highest BCUT2D eigenvalue weighted by Gasteiger charge is 2.35. The van der Waals surface area contributed by atoms with Crippen LogP contribution in [0, 0.1) is 11.8 Å². The fraction of sp³-hybridized carbons (Fsp3) is 1.00. The first-order valence-electron chi connectivity index (χ1n) is 4.99. The summed E-state index contributed by atoms with van der Waals surface area (Å²) in [5.74, 6) is 0.358. The van der Waals surface area contributed by atoms with Gasteiger partial charge in [-0.15, -0.1) is 0 Å². The molecule has 0 aromatic rings. The zero-order valence-electron chi connectivity index (χ0n) is 8.97. The normalized spacial score (nSPS) is 30.1. The Bertz CT molecular complexity index is 276. The monoisotopic (exact) mass is 221 g/mol. The molecule has 1 heterocycles. The number of β-amino-alcohol motifs (C(OH)–C–C–N with tert-alkyl or cyclic N) is 1. The van der Waals surface area contributed by atoms with Crippen molar-refractivity contribution in [3.05, 3.63) is 0 Å². The Hall–Kier alpha value is -0.130. The third kappa shape index (κ3) is 2.68. The molecule has 1 N–H and O–H groups in total. The second-order valence-corrected chi connectivity index (χ2v) is 6.55. The molecule has 14 heavy (non-hydrogen) atoms. The minimum atomic E-state index is -3.15. The average molecular weight is 221 g/mol. The van der Waals surface area contributed by atoms with Crippen LogP contribution in [-0.2, 0) is 10.0 Å². The highest BCUT2D eigenvalue weighted by molar-refractivity contribution is 7.89. The number of hydrogen-bond donors (Lipinski definition) is 1. The molecule has 0 saturated carbocycles. The number of nitrogens with zero attached hydrogens (tertiary/aromatic N) is 1. The molecule has 4 nitrogen and oxygen atoms in total. The summed E-state index contributed by atoms with van der Waals surface area (Å²) in [6.45, 7) is 6.35. The van der Waals surface area contributed by atoms with Gasteiger partial charge in [-0.2, -0.15) is 4.31 Å². The molecular formula is C9H19NO3S. The van der Waals surface area contributed by atoms with E-state index in [-0.39, 0.29) is 24.1 Å². The number of aliphatic hydroxyl groups is 1. The summed E-state index contributed by atoms with van der Waals surface area (Å²) in [6, 6.07) is 0. The molecule has 0 spiro atoms. The maximum absolute atomic E-state index is 11.7. The maximum Gasteiger partial charge on any atom is 0.214 e. The largest absolute Gasteiger partial charge is 0.391 e. The predicted octanol–water partition coefficient (Wildman–Crippen LogP) is 0.285. The van der Waals surface area contributed by atoms with Crippen LogP contribution in [0.5, 0.6) is 0 Å². The summed E-state index contributed by atoms with van der Waals surface area (Å²) in [4.78, 5) is 0. The molecule has 0 radical (unpaired) electrons. The first-order chi connectivity index (χ1) is 6.33. The smallest absolute Gasteiger partial charge is 0.214 e. The van der Waals surface area contributed by atoms with E-state index in [1.807, 2.05) is 20.8 Å². The van der Waals surface area contributed by atoms with Gasteiger partial charge in [-0.25, -0.2) is 8.42 Å². The number of aliphatic hydroxyl groups excluding tert-OH is 1. The van der Waals surface area contributed by atoms with Gasteiger partial charge in [-0.3, -0.25) is 0 Å². The molecule has 0 unspecified atom stereocenters. The van der Waals surface area contributed by atoms with Crippen molar-refractivity contribution in [2.45, 2.75) is 26.9 Å². The van der Waals surface area contributed by atoms with E-state index in [9.17, 15) is 13.5 Å². The van der Waals surface area contributed by atoms with Gasteiger partial charge < -0.3 is 5.11 Å². The zero-order chi connectivity index (χ0) is 10.9.